The number of carbonyl (C=O) groups excluding carboxylic acids is 1. The minimum absolute atomic E-state index is 0.0363. The van der Waals surface area contributed by atoms with Gasteiger partial charge < -0.3 is 41.9 Å². The molecule has 4 unspecified atom stereocenters. The van der Waals surface area contributed by atoms with Crippen molar-refractivity contribution in [1.29, 1.82) is 0 Å². The Balaban J connectivity index is 1.42. The molecule has 10 N–H and O–H groups in total. The molecule has 1 aromatic heterocycles. The van der Waals surface area contributed by atoms with Gasteiger partial charge in [0.2, 0.25) is 0 Å². The first-order chi connectivity index (χ1) is 23.5. The highest BCUT2D eigenvalue weighted by Crippen LogP contribution is 2.15. The van der Waals surface area contributed by atoms with Crippen LogP contribution >= 0.6 is 11.6 Å². The zero-order valence-corrected chi connectivity index (χ0v) is 28.7. The van der Waals surface area contributed by atoms with Crippen molar-refractivity contribution < 1.29 is 30.3 Å². The summed E-state index contributed by atoms with van der Waals surface area (Å²) in [5.41, 5.74) is 15.5. The minimum atomic E-state index is -1.65. The molecule has 14 heteroatoms. The molecule has 0 saturated heterocycles. The predicted octanol–water partition coefficient (Wildman–Crippen LogP) is 1.39. The number of guanidine groups is 1. The fourth-order valence-corrected chi connectivity index (χ4v) is 5.43. The Kier molecular flexibility index (Phi) is 16.8. The van der Waals surface area contributed by atoms with Crippen LogP contribution in [-0.2, 0) is 19.3 Å². The maximum absolute atomic E-state index is 12.4. The minimum Gasteiger partial charge on any atom is -0.394 e. The van der Waals surface area contributed by atoms with E-state index in [0.717, 1.165) is 44.9 Å². The van der Waals surface area contributed by atoms with Crippen LogP contribution < -0.4 is 16.8 Å². The highest BCUT2D eigenvalue weighted by atomic mass is 35.5. The average molecular weight is 700 g/mol. The number of hydrogen-bond acceptors (Lipinski definition) is 11. The molecule has 0 bridgehead atoms. The summed E-state index contributed by atoms with van der Waals surface area (Å²) in [6.07, 6.45) is -0.180. The van der Waals surface area contributed by atoms with Crippen LogP contribution in [0.2, 0.25) is 5.15 Å². The van der Waals surface area contributed by atoms with Crippen molar-refractivity contribution in [3.8, 4) is 0 Å². The van der Waals surface area contributed by atoms with Crippen molar-refractivity contribution in [1.82, 2.24) is 20.2 Å². The molecule has 0 fully saturated rings. The molecule has 0 spiro atoms. The van der Waals surface area contributed by atoms with E-state index in [4.69, 9.17) is 28.2 Å². The summed E-state index contributed by atoms with van der Waals surface area (Å²) in [6.45, 7) is 2.84. The summed E-state index contributed by atoms with van der Waals surface area (Å²) >= 11 is 5.95. The first-order valence-corrected chi connectivity index (χ1v) is 16.9. The quantitative estimate of drug-likeness (QED) is 0.0478. The largest absolute Gasteiger partial charge is 0.394 e. The Hall–Kier alpha value is -3.69. The van der Waals surface area contributed by atoms with E-state index in [0.29, 0.717) is 25.3 Å². The molecule has 0 saturated carbocycles. The molecule has 49 heavy (non-hydrogen) atoms. The third-order valence-corrected chi connectivity index (χ3v) is 8.53. The number of carbonyl (C=O) groups is 1. The van der Waals surface area contributed by atoms with E-state index in [1.807, 2.05) is 18.2 Å². The first-order valence-electron chi connectivity index (χ1n) is 16.6. The number of anilines is 1. The zero-order valence-electron chi connectivity index (χ0n) is 28.0. The van der Waals surface area contributed by atoms with Gasteiger partial charge in [-0.15, -0.1) is 0 Å². The number of aryl methyl sites for hydroxylation is 4. The van der Waals surface area contributed by atoms with Gasteiger partial charge in [-0.2, -0.15) is 0 Å². The van der Waals surface area contributed by atoms with Gasteiger partial charge in [0.05, 0.1) is 18.4 Å². The lowest BCUT2D eigenvalue weighted by Crippen LogP contribution is -2.50. The summed E-state index contributed by atoms with van der Waals surface area (Å²) in [6, 6.07) is 18.6. The number of rotatable bonds is 20. The van der Waals surface area contributed by atoms with Crippen LogP contribution in [0.4, 0.5) is 5.82 Å². The second-order valence-electron chi connectivity index (χ2n) is 12.1. The highest BCUT2D eigenvalue weighted by molar-refractivity contribution is 6.30. The molecular formula is C35H50ClN7O6. The highest BCUT2D eigenvalue weighted by Gasteiger charge is 2.31. The van der Waals surface area contributed by atoms with Crippen molar-refractivity contribution in [2.75, 3.05) is 38.5 Å². The maximum Gasteiger partial charge on any atom is 0.280 e. The maximum atomic E-state index is 12.4. The standard InChI is InChI=1S/C35H50ClN7O6/c1-23-32(36)41-29(33(37)40-23)34(49)42-35(38)39-18-6-5-11-25-14-16-26(17-15-25)13-8-20-43(19-7-12-24-9-3-2-4-10-24)21-27(45)30(47)31(48)28(46)22-44/h2-4,9-10,14-17,27-28,30-31,44-48H,5-8,11-13,18-22H2,1H3,(H2,37,40)(H3,38,39,42,49). The van der Waals surface area contributed by atoms with E-state index >= 15 is 0 Å². The molecule has 0 aliphatic heterocycles. The molecule has 3 rings (SSSR count). The zero-order chi connectivity index (χ0) is 35.8. The molecule has 0 radical (unpaired) electrons. The SMILES string of the molecule is Cc1nc(N)c(C(=O)NC(N)=NCCCCc2ccc(CCCN(CCCc3ccccc3)CC(O)C(O)C(O)C(O)CO)cc2)nc1Cl. The summed E-state index contributed by atoms with van der Waals surface area (Å²) in [5, 5.41) is 52.3. The molecule has 1 heterocycles. The van der Waals surface area contributed by atoms with Gasteiger partial charge in [-0.1, -0.05) is 66.2 Å². The number of unbranched alkanes of at least 4 members (excludes halogenated alkanes) is 1. The molecule has 268 valence electrons. The number of nitrogen functional groups attached to an aromatic ring is 1. The number of hydrogen-bond donors (Lipinski definition) is 8. The molecule has 4 atom stereocenters. The number of amides is 1. The van der Waals surface area contributed by atoms with Crippen molar-refractivity contribution >= 4 is 29.3 Å². The van der Waals surface area contributed by atoms with Crippen molar-refractivity contribution in [3.05, 3.63) is 87.8 Å². The summed E-state index contributed by atoms with van der Waals surface area (Å²) in [7, 11) is 0. The molecule has 1 amide bonds. The fourth-order valence-electron chi connectivity index (χ4n) is 5.30. The molecule has 0 aliphatic rings. The molecular weight excluding hydrogens is 650 g/mol. The summed E-state index contributed by atoms with van der Waals surface area (Å²) in [4.78, 5) is 26.6. The number of nitrogens with zero attached hydrogens (tertiary/aromatic N) is 4. The van der Waals surface area contributed by atoms with Crippen molar-refractivity contribution in [2.45, 2.75) is 76.3 Å². The third kappa shape index (κ3) is 13.6. The van der Waals surface area contributed by atoms with E-state index in [1.165, 1.54) is 16.7 Å². The van der Waals surface area contributed by atoms with Crippen molar-refractivity contribution in [3.63, 3.8) is 0 Å². The normalized spacial score (nSPS) is 14.4. The van der Waals surface area contributed by atoms with E-state index in [9.17, 15) is 25.2 Å². The van der Waals surface area contributed by atoms with Gasteiger partial charge in [0, 0.05) is 13.1 Å². The van der Waals surface area contributed by atoms with Crippen LogP contribution in [0.15, 0.2) is 59.6 Å². The van der Waals surface area contributed by atoms with Crippen LogP contribution in [0.1, 0.15) is 58.6 Å². The summed E-state index contributed by atoms with van der Waals surface area (Å²) < 4.78 is 0. The first kappa shape index (κ1) is 39.7. The smallest absolute Gasteiger partial charge is 0.280 e. The van der Waals surface area contributed by atoms with Crippen LogP contribution in [0.3, 0.4) is 0 Å². The van der Waals surface area contributed by atoms with Gasteiger partial charge in [0.1, 0.15) is 18.3 Å². The van der Waals surface area contributed by atoms with E-state index in [-0.39, 0.29) is 29.2 Å². The van der Waals surface area contributed by atoms with E-state index < -0.39 is 36.9 Å². The molecule has 13 nitrogen and oxygen atoms in total. The molecule has 0 aliphatic carbocycles. The Morgan fingerprint density at radius 2 is 1.41 bits per heavy atom. The Morgan fingerprint density at radius 1 is 0.857 bits per heavy atom. The second-order valence-corrected chi connectivity index (χ2v) is 12.5. The predicted molar refractivity (Wildman–Crippen MR) is 190 cm³/mol. The Labute approximate surface area is 292 Å². The van der Waals surface area contributed by atoms with Gasteiger partial charge in [-0.25, -0.2) is 9.97 Å². The third-order valence-electron chi connectivity index (χ3n) is 8.17. The number of aliphatic imine (C=N–C) groups is 1. The number of aliphatic hydroxyl groups is 5. The van der Waals surface area contributed by atoms with Crippen molar-refractivity contribution in [2.24, 2.45) is 10.7 Å². The molecule has 2 aromatic carbocycles. The Bertz CT molecular complexity index is 1460. The lowest BCUT2D eigenvalue weighted by molar-refractivity contribution is -0.119. The van der Waals surface area contributed by atoms with Crippen LogP contribution in [0.25, 0.3) is 0 Å². The monoisotopic (exact) mass is 699 g/mol. The fraction of sp³-hybridized carbons (Fsp3) is 0.486. The number of aliphatic hydroxyl groups excluding tert-OH is 5. The van der Waals surface area contributed by atoms with E-state index in [1.54, 1.807) is 6.92 Å². The van der Waals surface area contributed by atoms with Gasteiger partial charge >= 0.3 is 0 Å². The average Bonchev–Trinajstić information content (AvgIpc) is 3.09. The van der Waals surface area contributed by atoms with Gasteiger partial charge in [0.25, 0.3) is 5.91 Å². The van der Waals surface area contributed by atoms with Crippen LogP contribution in [0.5, 0.6) is 0 Å². The molecule has 3 aromatic rings. The lowest BCUT2D eigenvalue weighted by atomic mass is 10.0. The number of aromatic nitrogens is 2. The van der Waals surface area contributed by atoms with E-state index in [2.05, 4.69) is 61.6 Å². The Morgan fingerprint density at radius 3 is 2.00 bits per heavy atom. The topological polar surface area (TPSA) is 224 Å². The number of nitrogens with one attached hydrogen (secondary N) is 1. The lowest BCUT2D eigenvalue weighted by Gasteiger charge is -2.30. The van der Waals surface area contributed by atoms with Gasteiger partial charge in [-0.3, -0.25) is 15.1 Å². The number of nitrogens with two attached hydrogens (primary N) is 2. The second kappa shape index (κ2) is 20.7. The van der Waals surface area contributed by atoms with Crippen LogP contribution in [-0.4, -0.2) is 109 Å². The van der Waals surface area contributed by atoms with Gasteiger partial charge in [-0.05, 0) is 81.6 Å². The number of benzene rings is 2. The van der Waals surface area contributed by atoms with Crippen LogP contribution in [0, 0.1) is 6.92 Å². The van der Waals surface area contributed by atoms with Gasteiger partial charge in [0.15, 0.2) is 22.6 Å². The summed E-state index contributed by atoms with van der Waals surface area (Å²) in [5.74, 6) is -0.707. The number of halogens is 1.